The van der Waals surface area contributed by atoms with Crippen LogP contribution in [0.5, 0.6) is 11.5 Å². The van der Waals surface area contributed by atoms with E-state index in [4.69, 9.17) is 9.47 Å². The van der Waals surface area contributed by atoms with E-state index in [-0.39, 0.29) is 6.79 Å². The quantitative estimate of drug-likeness (QED) is 0.761. The maximum Gasteiger partial charge on any atom is 0.230 e. The van der Waals surface area contributed by atoms with Crippen LogP contribution in [0.15, 0.2) is 36.4 Å². The van der Waals surface area contributed by atoms with Gasteiger partial charge in [-0.1, -0.05) is 36.4 Å². The molecular weight excluding hydrogens is 324 g/mol. The van der Waals surface area contributed by atoms with Crippen LogP contribution >= 0.6 is 23.5 Å². The van der Waals surface area contributed by atoms with Crippen LogP contribution in [-0.2, 0) is 12.8 Å². The Morgan fingerprint density at radius 3 is 1.70 bits per heavy atom. The van der Waals surface area contributed by atoms with E-state index < -0.39 is 0 Å². The Morgan fingerprint density at radius 1 is 0.783 bits per heavy atom. The maximum atomic E-state index is 6.10. The molecule has 0 N–H and O–H groups in total. The van der Waals surface area contributed by atoms with Crippen molar-refractivity contribution in [3.05, 3.63) is 58.7 Å². The van der Waals surface area contributed by atoms with Crippen molar-refractivity contribution in [1.82, 2.24) is 0 Å². The first-order valence-corrected chi connectivity index (χ1v) is 10.4. The van der Waals surface area contributed by atoms with Crippen LogP contribution in [0.25, 0.3) is 0 Å². The van der Waals surface area contributed by atoms with Gasteiger partial charge in [0.05, 0.1) is 0 Å². The molecule has 0 radical (unpaired) electrons. The lowest BCUT2D eigenvalue weighted by molar-refractivity contribution is 0.118. The van der Waals surface area contributed by atoms with Gasteiger partial charge in [0.1, 0.15) is 11.5 Å². The van der Waals surface area contributed by atoms with Crippen LogP contribution in [-0.4, -0.2) is 19.3 Å². The summed E-state index contributed by atoms with van der Waals surface area (Å²) in [5.41, 5.74) is 5.20. The molecule has 2 heterocycles. The van der Waals surface area contributed by atoms with Crippen LogP contribution in [0, 0.1) is 0 Å². The molecule has 0 fully saturated rings. The Hall–Kier alpha value is -1.26. The predicted octanol–water partition coefficient (Wildman–Crippen LogP) is 5.02. The Balaban J connectivity index is 1.99. The third-order valence-electron chi connectivity index (χ3n) is 4.73. The Labute approximate surface area is 146 Å². The second kappa shape index (κ2) is 6.33. The van der Waals surface area contributed by atoms with E-state index in [1.165, 1.54) is 22.3 Å². The van der Waals surface area contributed by atoms with E-state index in [1.54, 1.807) is 0 Å². The molecule has 2 aromatic carbocycles. The zero-order valence-electron chi connectivity index (χ0n) is 13.4. The topological polar surface area (TPSA) is 18.5 Å². The first-order chi connectivity index (χ1) is 11.3. The summed E-state index contributed by atoms with van der Waals surface area (Å²) >= 11 is 3.78. The van der Waals surface area contributed by atoms with Gasteiger partial charge in [-0.25, -0.2) is 0 Å². The number of hydrogen-bond acceptors (Lipinski definition) is 4. The second-order valence-corrected chi connectivity index (χ2v) is 8.02. The van der Waals surface area contributed by atoms with E-state index in [0.29, 0.717) is 10.5 Å². The molecule has 2 aliphatic rings. The molecular formula is C19H20O2S2. The molecule has 2 aromatic rings. The standard InChI is InChI=1S/C19H20O2S2/c1-22-16-9-12-5-4-8-15-17(23-2)10-13-6-3-7-14(16)18(13)20-11-21-19(12)15/h3-8,16-17H,9-11H2,1-2H3. The fraction of sp³-hybridized carbons (Fsp3) is 0.368. The maximum absolute atomic E-state index is 6.10. The smallest absolute Gasteiger partial charge is 0.230 e. The van der Waals surface area contributed by atoms with E-state index in [1.807, 2.05) is 23.5 Å². The lowest BCUT2D eigenvalue weighted by atomic mass is 9.92. The van der Waals surface area contributed by atoms with E-state index in [0.717, 1.165) is 24.3 Å². The predicted molar refractivity (Wildman–Crippen MR) is 98.9 cm³/mol. The highest BCUT2D eigenvalue weighted by molar-refractivity contribution is 7.99. The minimum Gasteiger partial charge on any atom is -0.457 e. The van der Waals surface area contributed by atoms with Crippen molar-refractivity contribution in [3.8, 4) is 11.5 Å². The van der Waals surface area contributed by atoms with Gasteiger partial charge in [0.15, 0.2) is 0 Å². The number of benzene rings is 2. The molecule has 2 nitrogen and oxygen atoms in total. The fourth-order valence-corrected chi connectivity index (χ4v) is 5.15. The van der Waals surface area contributed by atoms with Crippen LogP contribution in [0.3, 0.4) is 0 Å². The highest BCUT2D eigenvalue weighted by atomic mass is 32.2. The lowest BCUT2D eigenvalue weighted by Gasteiger charge is -2.24. The van der Waals surface area contributed by atoms with Crippen LogP contribution in [0.2, 0.25) is 0 Å². The minimum atomic E-state index is 0.288. The van der Waals surface area contributed by atoms with Crippen molar-refractivity contribution >= 4 is 23.5 Å². The van der Waals surface area contributed by atoms with Crippen LogP contribution < -0.4 is 9.47 Å². The van der Waals surface area contributed by atoms with Gasteiger partial charge in [-0.05, 0) is 36.5 Å². The third-order valence-corrected chi connectivity index (χ3v) is 6.71. The molecule has 120 valence electrons. The highest BCUT2D eigenvalue weighted by Crippen LogP contribution is 2.47. The Kier molecular flexibility index (Phi) is 4.20. The zero-order valence-corrected chi connectivity index (χ0v) is 15.0. The SMILES string of the molecule is CSC1Cc2cccc3c2OCOc2c(cccc21)CC3SC. The van der Waals surface area contributed by atoms with Crippen molar-refractivity contribution in [2.24, 2.45) is 0 Å². The van der Waals surface area contributed by atoms with E-state index in [2.05, 4.69) is 48.9 Å². The summed E-state index contributed by atoms with van der Waals surface area (Å²) in [5.74, 6) is 2.08. The van der Waals surface area contributed by atoms with Gasteiger partial charge in [0, 0.05) is 21.6 Å². The lowest BCUT2D eigenvalue weighted by Crippen LogP contribution is -2.08. The van der Waals surface area contributed by atoms with Gasteiger partial charge in [-0.15, -0.1) is 0 Å². The summed E-state index contributed by atoms with van der Waals surface area (Å²) in [6.45, 7) is 0.288. The van der Waals surface area contributed by atoms with Gasteiger partial charge in [0.2, 0.25) is 6.79 Å². The molecule has 0 spiro atoms. The van der Waals surface area contributed by atoms with Gasteiger partial charge in [-0.2, -0.15) is 23.5 Å². The average Bonchev–Trinajstić information content (AvgIpc) is 2.71. The number of thioether (sulfide) groups is 2. The number of para-hydroxylation sites is 2. The molecule has 0 amide bonds. The monoisotopic (exact) mass is 344 g/mol. The van der Waals surface area contributed by atoms with Gasteiger partial charge < -0.3 is 9.47 Å². The second-order valence-electron chi connectivity index (χ2n) is 5.93. The van der Waals surface area contributed by atoms with Crippen molar-refractivity contribution in [1.29, 1.82) is 0 Å². The van der Waals surface area contributed by atoms with Crippen molar-refractivity contribution in [2.45, 2.75) is 23.3 Å². The zero-order chi connectivity index (χ0) is 15.8. The van der Waals surface area contributed by atoms with Crippen molar-refractivity contribution < 1.29 is 9.47 Å². The number of rotatable bonds is 2. The number of fused-ring (bicyclic) bond motifs is 2. The molecule has 0 aliphatic carbocycles. The highest BCUT2D eigenvalue weighted by Gasteiger charge is 2.28. The first-order valence-electron chi connectivity index (χ1n) is 7.86. The third kappa shape index (κ3) is 2.62. The summed E-state index contributed by atoms with van der Waals surface area (Å²) in [6, 6.07) is 13.2. The molecule has 0 aromatic heterocycles. The molecule has 23 heavy (non-hydrogen) atoms. The Morgan fingerprint density at radius 2 is 1.26 bits per heavy atom. The largest absolute Gasteiger partial charge is 0.457 e. The van der Waals surface area contributed by atoms with Crippen molar-refractivity contribution in [2.75, 3.05) is 19.3 Å². The summed E-state index contributed by atoms with van der Waals surface area (Å²) in [5, 5.41) is 0.790. The van der Waals surface area contributed by atoms with Crippen LogP contribution in [0.1, 0.15) is 32.8 Å². The minimum absolute atomic E-state index is 0.288. The molecule has 0 saturated heterocycles. The molecule has 4 rings (SSSR count). The number of hydrogen-bond donors (Lipinski definition) is 0. The molecule has 4 heteroatoms. The van der Waals surface area contributed by atoms with E-state index in [9.17, 15) is 0 Å². The summed E-state index contributed by atoms with van der Waals surface area (Å²) in [4.78, 5) is 0. The molecule has 2 aliphatic heterocycles. The van der Waals surface area contributed by atoms with Gasteiger partial charge in [-0.3, -0.25) is 0 Å². The van der Waals surface area contributed by atoms with E-state index >= 15 is 0 Å². The molecule has 2 bridgehead atoms. The first kappa shape index (κ1) is 15.3. The summed E-state index contributed by atoms with van der Waals surface area (Å²) in [7, 11) is 0. The fourth-order valence-electron chi connectivity index (χ4n) is 3.58. The molecule has 0 saturated carbocycles. The normalized spacial score (nSPS) is 22.0. The average molecular weight is 345 g/mol. The van der Waals surface area contributed by atoms with Gasteiger partial charge >= 0.3 is 0 Å². The van der Waals surface area contributed by atoms with Crippen molar-refractivity contribution in [3.63, 3.8) is 0 Å². The van der Waals surface area contributed by atoms with Crippen LogP contribution in [0.4, 0.5) is 0 Å². The molecule has 2 atom stereocenters. The number of ether oxygens (including phenoxy) is 2. The molecule has 2 unspecified atom stereocenters. The summed E-state index contributed by atoms with van der Waals surface area (Å²) in [6.07, 6.45) is 6.32. The Bertz CT molecular complexity index is 668. The summed E-state index contributed by atoms with van der Waals surface area (Å²) < 4.78 is 12.2. The van der Waals surface area contributed by atoms with Gasteiger partial charge in [0.25, 0.3) is 0 Å².